The average molecular weight is 443 g/mol. The number of aromatic nitrogens is 2. The molecule has 0 radical (unpaired) electrons. The molecule has 1 aliphatic rings. The lowest BCUT2D eigenvalue weighted by Gasteiger charge is -2.30. The Balaban J connectivity index is 1.45. The number of ether oxygens (including phenoxy) is 1. The van der Waals surface area contributed by atoms with E-state index < -0.39 is 0 Å². The molecule has 3 aromatic rings. The monoisotopic (exact) mass is 442 g/mol. The molecule has 4 rings (SSSR count). The molecule has 0 bridgehead atoms. The average Bonchev–Trinajstić information content (AvgIpc) is 3.03. The summed E-state index contributed by atoms with van der Waals surface area (Å²) in [6, 6.07) is 6.79. The number of nitrogens with two attached hydrogens (primary N) is 1. The van der Waals surface area contributed by atoms with Gasteiger partial charge >= 0.3 is 0 Å². The van der Waals surface area contributed by atoms with Crippen LogP contribution >= 0.6 is 23.1 Å². The molecule has 0 aliphatic carbocycles. The number of anilines is 2. The summed E-state index contributed by atoms with van der Waals surface area (Å²) in [4.78, 5) is 34.6. The summed E-state index contributed by atoms with van der Waals surface area (Å²) >= 11 is 2.81. The van der Waals surface area contributed by atoms with Crippen LogP contribution in [0.5, 0.6) is 0 Å². The number of thioether (sulfide) groups is 1. The van der Waals surface area contributed by atoms with Crippen molar-refractivity contribution in [3.63, 3.8) is 0 Å². The van der Waals surface area contributed by atoms with E-state index in [1.54, 1.807) is 35.6 Å². The van der Waals surface area contributed by atoms with E-state index in [0.717, 1.165) is 21.5 Å². The van der Waals surface area contributed by atoms with Crippen molar-refractivity contribution in [2.75, 3.05) is 16.8 Å². The van der Waals surface area contributed by atoms with Crippen LogP contribution in [0, 0.1) is 0 Å². The third-order valence-corrected chi connectivity index (χ3v) is 6.79. The number of amides is 1. The largest absolute Gasteiger partial charge is 0.383 e. The smallest absolute Gasteiger partial charge is 0.234 e. The SMILES string of the molecule is CC(=O)c1ccc(NC(=O)CSc2nc(N)c3c4c(sc3n2)COC(C)(C)C4)cc1. The molecule has 0 spiro atoms. The van der Waals surface area contributed by atoms with E-state index in [2.05, 4.69) is 29.1 Å². The number of thiophene rings is 1. The summed E-state index contributed by atoms with van der Waals surface area (Å²) in [5, 5.41) is 4.19. The van der Waals surface area contributed by atoms with Crippen LogP contribution in [0.25, 0.3) is 10.2 Å². The first-order valence-electron chi connectivity index (χ1n) is 9.47. The number of nitrogens with zero attached hydrogens (tertiary/aromatic N) is 2. The Bertz CT molecular complexity index is 1140. The molecule has 30 heavy (non-hydrogen) atoms. The van der Waals surface area contributed by atoms with Crippen LogP contribution in [0.1, 0.15) is 41.6 Å². The number of rotatable bonds is 5. The van der Waals surface area contributed by atoms with Crippen LogP contribution in [-0.4, -0.2) is 33.0 Å². The van der Waals surface area contributed by atoms with Gasteiger partial charge in [0.25, 0.3) is 0 Å². The summed E-state index contributed by atoms with van der Waals surface area (Å²) in [7, 11) is 0. The van der Waals surface area contributed by atoms with E-state index in [9.17, 15) is 9.59 Å². The second-order valence-electron chi connectivity index (χ2n) is 7.77. The summed E-state index contributed by atoms with van der Waals surface area (Å²) < 4.78 is 5.89. The molecule has 3 heterocycles. The van der Waals surface area contributed by atoms with E-state index in [0.29, 0.717) is 28.8 Å². The molecule has 7 nitrogen and oxygen atoms in total. The van der Waals surface area contributed by atoms with Crippen LogP contribution in [0.4, 0.5) is 11.5 Å². The van der Waals surface area contributed by atoms with Gasteiger partial charge in [-0.05, 0) is 50.6 Å². The fourth-order valence-electron chi connectivity index (χ4n) is 3.33. The number of hydrogen-bond acceptors (Lipinski definition) is 8. The third-order valence-electron chi connectivity index (χ3n) is 4.85. The number of ketones is 1. The van der Waals surface area contributed by atoms with Gasteiger partial charge in [0.05, 0.1) is 23.3 Å². The second-order valence-corrected chi connectivity index (χ2v) is 9.80. The summed E-state index contributed by atoms with van der Waals surface area (Å²) in [5.41, 5.74) is 8.43. The van der Waals surface area contributed by atoms with Gasteiger partial charge in [0.1, 0.15) is 10.6 Å². The summed E-state index contributed by atoms with van der Waals surface area (Å²) in [5.74, 6) is 0.399. The van der Waals surface area contributed by atoms with Gasteiger partial charge in [-0.25, -0.2) is 9.97 Å². The van der Waals surface area contributed by atoms with E-state index in [4.69, 9.17) is 10.5 Å². The van der Waals surface area contributed by atoms with Crippen LogP contribution in [-0.2, 0) is 22.6 Å². The molecule has 0 atom stereocenters. The predicted octanol–water partition coefficient (Wildman–Crippen LogP) is 4.06. The van der Waals surface area contributed by atoms with Gasteiger partial charge in [-0.15, -0.1) is 11.3 Å². The maximum Gasteiger partial charge on any atom is 0.234 e. The molecule has 1 aromatic carbocycles. The Morgan fingerprint density at radius 3 is 2.70 bits per heavy atom. The number of carbonyl (C=O) groups is 2. The normalized spacial score (nSPS) is 15.0. The molecule has 0 fully saturated rings. The maximum absolute atomic E-state index is 12.3. The highest BCUT2D eigenvalue weighted by molar-refractivity contribution is 7.99. The maximum atomic E-state index is 12.3. The van der Waals surface area contributed by atoms with Gasteiger partial charge in [-0.2, -0.15) is 0 Å². The molecule has 1 aliphatic heterocycles. The molecule has 0 unspecified atom stereocenters. The molecule has 1 amide bonds. The van der Waals surface area contributed by atoms with E-state index >= 15 is 0 Å². The zero-order chi connectivity index (χ0) is 21.5. The number of hydrogen-bond donors (Lipinski definition) is 2. The number of Topliss-reactive ketones (excluding diaryl/α,β-unsaturated/α-hetero) is 1. The van der Waals surface area contributed by atoms with Crippen molar-refractivity contribution in [1.29, 1.82) is 0 Å². The van der Waals surface area contributed by atoms with Crippen molar-refractivity contribution in [2.45, 2.75) is 44.6 Å². The molecular weight excluding hydrogens is 420 g/mol. The lowest BCUT2D eigenvalue weighted by molar-refractivity contribution is -0.113. The van der Waals surface area contributed by atoms with E-state index in [1.807, 2.05) is 0 Å². The van der Waals surface area contributed by atoms with Crippen molar-refractivity contribution in [3.8, 4) is 0 Å². The first-order valence-corrected chi connectivity index (χ1v) is 11.3. The zero-order valence-electron chi connectivity index (χ0n) is 16.9. The van der Waals surface area contributed by atoms with Gasteiger partial charge in [-0.3, -0.25) is 9.59 Å². The standard InChI is InChI=1S/C21H22N4O3S2/c1-11(26)12-4-6-13(7-5-12)23-16(27)10-29-20-24-18(22)17-14-8-21(2,3)28-9-15(14)30-19(17)25-20/h4-7H,8-10H2,1-3H3,(H,23,27)(H2,22,24,25). The highest BCUT2D eigenvalue weighted by Crippen LogP contribution is 2.40. The molecule has 0 saturated carbocycles. The number of fused-ring (bicyclic) bond motifs is 3. The number of carbonyl (C=O) groups excluding carboxylic acids is 2. The Kier molecular flexibility index (Phi) is 5.52. The molecule has 3 N–H and O–H groups in total. The second kappa shape index (κ2) is 7.98. The molecule has 0 saturated heterocycles. The van der Waals surface area contributed by atoms with Gasteiger partial charge in [0.15, 0.2) is 10.9 Å². The summed E-state index contributed by atoms with van der Waals surface area (Å²) in [6.45, 7) is 6.18. The van der Waals surface area contributed by atoms with Crippen molar-refractivity contribution in [2.24, 2.45) is 0 Å². The van der Waals surface area contributed by atoms with Crippen molar-refractivity contribution in [3.05, 3.63) is 40.3 Å². The topological polar surface area (TPSA) is 107 Å². The molecular formula is C21H22N4O3S2. The van der Waals surface area contributed by atoms with E-state index in [-0.39, 0.29) is 23.0 Å². The highest BCUT2D eigenvalue weighted by atomic mass is 32.2. The lowest BCUT2D eigenvalue weighted by Crippen LogP contribution is -2.31. The summed E-state index contributed by atoms with van der Waals surface area (Å²) in [6.07, 6.45) is 0.771. The first kappa shape index (κ1) is 20.8. The van der Waals surface area contributed by atoms with Crippen molar-refractivity contribution >= 4 is 56.5 Å². The van der Waals surface area contributed by atoms with Crippen LogP contribution < -0.4 is 11.1 Å². The molecule has 9 heteroatoms. The van der Waals surface area contributed by atoms with Crippen molar-refractivity contribution < 1.29 is 14.3 Å². The number of nitrogens with one attached hydrogen (secondary N) is 1. The van der Waals surface area contributed by atoms with Crippen molar-refractivity contribution in [1.82, 2.24) is 9.97 Å². The molecule has 156 valence electrons. The first-order chi connectivity index (χ1) is 14.2. The third kappa shape index (κ3) is 4.33. The minimum absolute atomic E-state index is 0.0149. The quantitative estimate of drug-likeness (QED) is 0.348. The highest BCUT2D eigenvalue weighted by Gasteiger charge is 2.30. The lowest BCUT2D eigenvalue weighted by atomic mass is 9.94. The Hall–Kier alpha value is -2.49. The predicted molar refractivity (Wildman–Crippen MR) is 120 cm³/mol. The van der Waals surface area contributed by atoms with E-state index in [1.165, 1.54) is 24.2 Å². The fourth-order valence-corrected chi connectivity index (χ4v) is 5.15. The minimum Gasteiger partial charge on any atom is -0.383 e. The molecule has 2 aromatic heterocycles. The van der Waals surface area contributed by atoms with Crippen LogP contribution in [0.3, 0.4) is 0 Å². The minimum atomic E-state index is -0.235. The van der Waals surface area contributed by atoms with Gasteiger partial charge in [0, 0.05) is 22.5 Å². The zero-order valence-corrected chi connectivity index (χ0v) is 18.6. The Labute approximate surface area is 182 Å². The fraction of sp³-hybridized carbons (Fsp3) is 0.333. The Morgan fingerprint density at radius 1 is 1.27 bits per heavy atom. The van der Waals surface area contributed by atoms with Gasteiger partial charge in [-0.1, -0.05) is 11.8 Å². The number of benzene rings is 1. The van der Waals surface area contributed by atoms with Crippen LogP contribution in [0.15, 0.2) is 29.4 Å². The van der Waals surface area contributed by atoms with Gasteiger partial charge < -0.3 is 15.8 Å². The number of nitrogen functional groups attached to an aromatic ring is 1. The Morgan fingerprint density at radius 2 is 2.00 bits per heavy atom. The van der Waals surface area contributed by atoms with Crippen LogP contribution in [0.2, 0.25) is 0 Å². The van der Waals surface area contributed by atoms with Gasteiger partial charge in [0.2, 0.25) is 5.91 Å².